The van der Waals surface area contributed by atoms with Crippen molar-refractivity contribution >= 4 is 124 Å². The first-order chi connectivity index (χ1) is 55.9. The van der Waals surface area contributed by atoms with E-state index >= 15 is 0 Å². The number of hydrogen-bond donors (Lipinski definition) is 8. The zero-order chi connectivity index (χ0) is 82.7. The van der Waals surface area contributed by atoms with Crippen molar-refractivity contribution in [1.29, 1.82) is 0 Å². The number of hydrogen-bond acceptors (Lipinski definition) is 13. The Balaban J connectivity index is 0.000000192. The van der Waals surface area contributed by atoms with E-state index in [1.54, 1.807) is 73.1 Å². The molecule has 0 aliphatic rings. The van der Waals surface area contributed by atoms with Crippen LogP contribution >= 0.6 is 66.8 Å². The van der Waals surface area contributed by atoms with E-state index in [0.717, 1.165) is 110 Å². The van der Waals surface area contributed by atoms with Gasteiger partial charge in [0.2, 0.25) is 0 Å². The van der Waals surface area contributed by atoms with Crippen LogP contribution in [0.5, 0.6) is 34.5 Å². The van der Waals surface area contributed by atoms with Crippen molar-refractivity contribution in [2.24, 2.45) is 0 Å². The van der Waals surface area contributed by atoms with Crippen molar-refractivity contribution in [3.8, 4) is 79.0 Å². The van der Waals surface area contributed by atoms with Crippen LogP contribution in [0.1, 0.15) is 76.3 Å². The van der Waals surface area contributed by atoms with Crippen molar-refractivity contribution < 1.29 is 55.9 Å². The fourth-order valence-corrected chi connectivity index (χ4v) is 18.0. The summed E-state index contributed by atoms with van der Waals surface area (Å²) in [5.74, 6) is 2.65. The molecule has 11 aromatic carbocycles. The van der Waals surface area contributed by atoms with Crippen molar-refractivity contribution in [3.05, 3.63) is 353 Å². The number of anilines is 2. The summed E-state index contributed by atoms with van der Waals surface area (Å²) in [6.45, 7) is 10.3. The molecular weight excluding hydrogens is 1740 g/mol. The van der Waals surface area contributed by atoms with E-state index in [0.29, 0.717) is 31.5 Å². The van der Waals surface area contributed by atoms with Crippen molar-refractivity contribution in [2.45, 2.75) is 79.6 Å². The third-order valence-corrected chi connectivity index (χ3v) is 23.8. The van der Waals surface area contributed by atoms with E-state index in [9.17, 15) is 25.2 Å². The molecule has 0 aliphatic carbocycles. The molecule has 3 aromatic heterocycles. The van der Waals surface area contributed by atoms with Gasteiger partial charge in [0.15, 0.2) is 0 Å². The maximum absolute atomic E-state index is 9.66. The van der Waals surface area contributed by atoms with Gasteiger partial charge in [-0.3, -0.25) is 4.98 Å². The van der Waals surface area contributed by atoms with Gasteiger partial charge in [0, 0.05) is 57.4 Å². The summed E-state index contributed by atoms with van der Waals surface area (Å²) in [7, 11) is 9.33. The summed E-state index contributed by atoms with van der Waals surface area (Å²) < 4.78 is 6.48. The first-order valence-electron chi connectivity index (χ1n) is 37.1. The number of phenols is 5. The number of aromatic nitrogens is 3. The van der Waals surface area contributed by atoms with Crippen molar-refractivity contribution in [3.63, 3.8) is 0 Å². The van der Waals surface area contributed by atoms with Gasteiger partial charge >= 0.3 is 42.7 Å². The molecule has 115 heavy (non-hydrogen) atoms. The number of benzene rings is 11. The number of carbonyl (C=O) groups excluding carboxylic acids is 1. The van der Waals surface area contributed by atoms with Crippen LogP contribution in [-0.4, -0.2) is 59.5 Å². The Morgan fingerprint density at radius 3 is 0.991 bits per heavy atom. The Morgan fingerprint density at radius 2 is 0.696 bits per heavy atom. The molecule has 0 saturated heterocycles. The van der Waals surface area contributed by atoms with Crippen LogP contribution in [-0.2, 0) is 46.4 Å². The minimum Gasteiger partial charge on any atom is -0.0622 e. The first-order valence-corrected chi connectivity index (χ1v) is 45.4. The number of aromatic hydroxyl groups is 5. The average Bonchev–Trinajstić information content (AvgIpc) is 0.801. The predicted molar refractivity (Wildman–Crippen MR) is 487 cm³/mol. The number of unbranched alkanes of at least 4 members (excludes halogenated alkanes) is 1. The fourth-order valence-electron chi connectivity index (χ4n) is 11.9. The number of aldehydes is 1. The fraction of sp³-hybridized carbons (Fsp3) is 0.128. The molecule has 0 unspecified atom stereocenters. The van der Waals surface area contributed by atoms with Gasteiger partial charge in [-0.1, -0.05) is 272 Å². The van der Waals surface area contributed by atoms with Crippen LogP contribution in [0, 0.1) is 0 Å². The molecule has 3 heterocycles. The number of aryl methyl sites for hydroxylation is 1. The van der Waals surface area contributed by atoms with Gasteiger partial charge in [0.05, 0.1) is 4.47 Å². The van der Waals surface area contributed by atoms with E-state index < -0.39 is 15.8 Å². The zero-order valence-electron chi connectivity index (χ0n) is 64.4. The van der Waals surface area contributed by atoms with Gasteiger partial charge < -0.3 is 51.5 Å². The minimum atomic E-state index is -0.446. The largest absolute Gasteiger partial charge is 0.0622 e. The summed E-state index contributed by atoms with van der Waals surface area (Å²) >= 11 is 6.66. The molecular formula is C94H93BBr2Cl2N5O8P2Pd. The topological polar surface area (TPSA) is 238 Å². The second-order valence-electron chi connectivity index (χ2n) is 25.0. The van der Waals surface area contributed by atoms with Gasteiger partial charge in [-0.25, -0.2) is 9.97 Å². The second-order valence-corrected chi connectivity index (χ2v) is 33.5. The Bertz CT molecular complexity index is 4820. The standard InChI is InChI=1S/C23H25NO2.C19H18N2O2.2C18H15P.C7H8Br2N2.C6H6BO3.C3H6O.2ClH.Pd/c1-3-5-6-22-23(17-9-13-19(26)14-10-17)20(4-2)21(15-24-22)16-7-11-18(25)12-8-16;1-2-16-17(12-3-7-14(22)8-4-12)11-21-19(20)18(16)13-5-9-15(23)10-6-13;2*1-4-10-16(11-5-1)19(17-12-6-2-7-13-17)18-14-8-3-9-15-18;1-2-4-5(8)3-11-7(10)6(4)9;8-5-1-3-6(4-2-5)10-7-9;1-2-3-4;;;/h7-15,25-26H,3-6H2,1-2H3;3-11,22-23H,2H2,1H3,(H2,20,21);2*1-15H;3H,2H2,1H3,(H2,10,11);1-4,8-9H;3H,2H2,1H3;2*1H;/q;;;;;;;;;+2/p-2. The van der Waals surface area contributed by atoms with E-state index in [4.69, 9.17) is 45.6 Å². The molecule has 0 atom stereocenters. The van der Waals surface area contributed by atoms with Crippen LogP contribution < -0.4 is 47.9 Å². The van der Waals surface area contributed by atoms with Crippen LogP contribution in [0.25, 0.3) is 44.5 Å². The number of rotatable bonds is 19. The summed E-state index contributed by atoms with van der Waals surface area (Å²) in [4.78, 5) is 22.3. The van der Waals surface area contributed by atoms with Crippen LogP contribution in [0.3, 0.4) is 0 Å². The summed E-state index contributed by atoms with van der Waals surface area (Å²) in [5.41, 5.74) is 24.5. The molecule has 0 saturated carbocycles. The third-order valence-electron chi connectivity index (χ3n) is 17.4. The average molecular weight is 1830 g/mol. The number of nitrogens with two attached hydrogens (primary N) is 2. The van der Waals surface area contributed by atoms with Gasteiger partial charge in [0.25, 0.3) is 0 Å². The van der Waals surface area contributed by atoms with Crippen LogP contribution in [0.15, 0.2) is 331 Å². The molecule has 13 nitrogen and oxygen atoms in total. The van der Waals surface area contributed by atoms with Crippen LogP contribution in [0.4, 0.5) is 11.6 Å². The monoisotopic (exact) mass is 1830 g/mol. The molecule has 0 fully saturated rings. The molecule has 0 bridgehead atoms. The third kappa shape index (κ3) is 29.1. The second kappa shape index (κ2) is 51.1. The first kappa shape index (κ1) is 92.2. The molecule has 14 aromatic rings. The molecule has 0 aliphatic heterocycles. The molecule has 0 amide bonds. The zero-order valence-corrected chi connectivity index (χ0v) is 72.4. The number of pyridine rings is 3. The van der Waals surface area contributed by atoms with Gasteiger partial charge in [-0.15, -0.1) is 0 Å². The van der Waals surface area contributed by atoms with E-state index in [2.05, 4.69) is 256 Å². The maximum atomic E-state index is 9.66. The normalized spacial score (nSPS) is 10.2. The van der Waals surface area contributed by atoms with Gasteiger partial charge in [-0.2, -0.15) is 0 Å². The predicted octanol–water partition coefficient (Wildman–Crippen LogP) is 21.6. The smallest absolute Gasteiger partial charge is 0.0134 e. The molecule has 1 radical (unpaired) electrons. The number of halogens is 4. The molecule has 593 valence electrons. The summed E-state index contributed by atoms with van der Waals surface area (Å²) in [5, 5.41) is 63.6. The van der Waals surface area contributed by atoms with Crippen molar-refractivity contribution in [1.82, 2.24) is 15.0 Å². The number of nitrogen functional groups attached to an aromatic ring is 2. The molecule has 10 N–H and O–H groups in total. The Labute approximate surface area is 712 Å². The Hall–Kier alpha value is -9.97. The van der Waals surface area contributed by atoms with Crippen molar-refractivity contribution in [2.75, 3.05) is 11.5 Å². The van der Waals surface area contributed by atoms with Crippen LogP contribution in [0.2, 0.25) is 0 Å². The minimum absolute atomic E-state index is 0.106. The van der Waals surface area contributed by atoms with E-state index in [1.165, 1.54) is 55.1 Å². The number of carbonyl (C=O) groups is 1. The number of nitrogens with zero attached hydrogens (tertiary/aromatic N) is 3. The molecule has 0 spiro atoms. The quantitative estimate of drug-likeness (QED) is 0.0214. The Morgan fingerprint density at radius 1 is 0.409 bits per heavy atom. The SMILES string of the molecule is CCC=O.CCCCc1ncc(-c2ccc(O)cc2)c(CC)c1-c1ccc(O)cc1.CCc1c(-c2ccc(O)cc2)cnc(N)c1-c1ccc(O)cc1.CCc1c(Br)cnc(N)c1Br.O[B]Oc1ccc(O)cc1.[Cl][Pd][Cl].c1ccc(P(c2ccccc2)c2ccccc2)cc1.c1ccc(P(c2ccccc2)c2ccccc2)cc1. The Kier molecular flexibility index (Phi) is 41.0. The van der Waals surface area contributed by atoms with E-state index in [1.807, 2.05) is 61.7 Å². The molecule has 21 heteroatoms. The van der Waals surface area contributed by atoms with Gasteiger partial charge in [-0.05, 0) is 223 Å². The summed E-state index contributed by atoms with van der Waals surface area (Å²) in [6, 6.07) is 99.3. The number of phenolic OH excluding ortho intramolecular Hbond substituents is 5. The molecule has 14 rings (SSSR count). The van der Waals surface area contributed by atoms with E-state index in [-0.39, 0.29) is 44.7 Å². The summed E-state index contributed by atoms with van der Waals surface area (Å²) in [6.07, 6.45) is 12.7. The van der Waals surface area contributed by atoms with Gasteiger partial charge in [0.1, 0.15) is 52.4 Å². The maximum Gasteiger partial charge on any atom is -0.0134 e.